The molecule has 0 amide bonds. The summed E-state index contributed by atoms with van der Waals surface area (Å²) in [6, 6.07) is 0. The Hall–Kier alpha value is -1.03. The molecule has 0 aromatic carbocycles. The number of halogens is 1. The highest BCUT2D eigenvalue weighted by Gasteiger charge is 2.01. The fourth-order valence-electron chi connectivity index (χ4n) is 0.577. The van der Waals surface area contributed by atoms with E-state index in [0.29, 0.717) is 5.56 Å². The maximum absolute atomic E-state index is 10.7. The van der Waals surface area contributed by atoms with E-state index < -0.39 is 5.37 Å². The van der Waals surface area contributed by atoms with E-state index in [1.807, 2.05) is 0 Å². The van der Waals surface area contributed by atoms with Gasteiger partial charge in [-0.2, -0.15) is 0 Å². The van der Waals surface area contributed by atoms with E-state index >= 15 is 0 Å². The average Bonchev–Trinajstić information content (AvgIpc) is 2.13. The molecule has 1 aromatic heterocycles. The molecule has 4 nitrogen and oxygen atoms in total. The second-order valence-electron chi connectivity index (χ2n) is 1.88. The smallest absolute Gasteiger partial charge is 0.268 e. The third kappa shape index (κ3) is 1.11. The molecule has 0 fully saturated rings. The van der Waals surface area contributed by atoms with Gasteiger partial charge in [0.25, 0.3) is 5.56 Å². The fourth-order valence-corrected chi connectivity index (χ4v) is 0.668. The molecule has 0 atom stereocenters. The van der Waals surface area contributed by atoms with E-state index in [2.05, 4.69) is 5.10 Å². The summed E-state index contributed by atoms with van der Waals surface area (Å²) >= 11 is 5.04. The largest absolute Gasteiger partial charge is 0.339 e. The minimum absolute atomic E-state index is 0.297. The van der Waals surface area contributed by atoms with Crippen molar-refractivity contribution < 1.29 is 4.79 Å². The predicted molar refractivity (Wildman–Crippen MR) is 36.4 cm³/mol. The van der Waals surface area contributed by atoms with Crippen molar-refractivity contribution in [2.45, 2.75) is 6.92 Å². The zero-order valence-electron chi connectivity index (χ0n) is 5.22. The van der Waals surface area contributed by atoms with E-state index in [4.69, 9.17) is 11.6 Å². The molecule has 0 unspecified atom stereocenters. The van der Waals surface area contributed by atoms with E-state index in [0.717, 1.165) is 4.68 Å². The average molecular weight is 161 g/mol. The minimum atomic E-state index is -0.717. The second-order valence-corrected chi connectivity index (χ2v) is 2.20. The summed E-state index contributed by atoms with van der Waals surface area (Å²) in [5.41, 5.74) is 0.169. The topological polar surface area (TPSA) is 54.9 Å². The lowest BCUT2D eigenvalue weighted by molar-refractivity contribution is 0.258. The Kier molecular flexibility index (Phi) is 1.63. The first kappa shape index (κ1) is 7.08. The molecule has 10 heavy (non-hydrogen) atoms. The summed E-state index contributed by atoms with van der Waals surface area (Å²) in [7, 11) is 0. The van der Waals surface area contributed by atoms with E-state index in [-0.39, 0.29) is 5.56 Å². The summed E-state index contributed by atoms with van der Waals surface area (Å²) in [5.74, 6) is 0. The maximum Gasteiger partial charge on any atom is 0.339 e. The van der Waals surface area contributed by atoms with Crippen LogP contribution in [0.4, 0.5) is 4.79 Å². The molecule has 0 aliphatic heterocycles. The Morgan fingerprint density at radius 3 is 2.60 bits per heavy atom. The SMILES string of the molecule is Cc1cn(C(=O)Cl)[nH]c1=O. The molecule has 54 valence electrons. The van der Waals surface area contributed by atoms with Gasteiger partial charge in [0, 0.05) is 11.8 Å². The molecular weight excluding hydrogens is 156 g/mol. The Balaban J connectivity index is 3.23. The quantitative estimate of drug-likeness (QED) is 0.568. The first-order valence-electron chi connectivity index (χ1n) is 2.59. The van der Waals surface area contributed by atoms with E-state index in [1.165, 1.54) is 6.20 Å². The molecule has 1 heterocycles. The second kappa shape index (κ2) is 2.30. The Bertz CT molecular complexity index is 312. The molecule has 1 N–H and O–H groups in total. The molecule has 0 radical (unpaired) electrons. The molecule has 1 rings (SSSR count). The lowest BCUT2D eigenvalue weighted by Crippen LogP contribution is -2.08. The van der Waals surface area contributed by atoms with Gasteiger partial charge in [0.05, 0.1) is 0 Å². The van der Waals surface area contributed by atoms with Crippen LogP contribution in [0.5, 0.6) is 0 Å². The van der Waals surface area contributed by atoms with Crippen LogP contribution in [0, 0.1) is 6.92 Å². The number of carbonyl (C=O) groups excluding carboxylic acids is 1. The van der Waals surface area contributed by atoms with Crippen molar-refractivity contribution in [1.82, 2.24) is 9.78 Å². The number of H-pyrrole nitrogens is 1. The lowest BCUT2D eigenvalue weighted by Gasteiger charge is -1.86. The predicted octanol–water partition coefficient (Wildman–Crippen LogP) is 0.692. The monoisotopic (exact) mass is 160 g/mol. The van der Waals surface area contributed by atoms with Crippen LogP contribution in [0.3, 0.4) is 0 Å². The van der Waals surface area contributed by atoms with Gasteiger partial charge in [-0.05, 0) is 18.5 Å². The molecule has 0 aliphatic rings. The molecule has 0 spiro atoms. The summed E-state index contributed by atoms with van der Waals surface area (Å²) in [6.07, 6.45) is 1.34. The van der Waals surface area contributed by atoms with Crippen molar-refractivity contribution in [2.75, 3.05) is 0 Å². The van der Waals surface area contributed by atoms with Crippen molar-refractivity contribution in [1.29, 1.82) is 0 Å². The normalized spacial score (nSPS) is 9.80. The van der Waals surface area contributed by atoms with Gasteiger partial charge in [-0.15, -0.1) is 0 Å². The third-order valence-electron chi connectivity index (χ3n) is 1.09. The van der Waals surface area contributed by atoms with Crippen LogP contribution in [0.15, 0.2) is 11.0 Å². The Morgan fingerprint density at radius 1 is 1.80 bits per heavy atom. The first-order valence-corrected chi connectivity index (χ1v) is 2.97. The van der Waals surface area contributed by atoms with Crippen LogP contribution in [-0.2, 0) is 0 Å². The van der Waals surface area contributed by atoms with Gasteiger partial charge in [-0.1, -0.05) is 0 Å². The Labute approximate surface area is 61.4 Å². The van der Waals surface area contributed by atoms with Crippen LogP contribution >= 0.6 is 11.6 Å². The summed E-state index contributed by atoms with van der Waals surface area (Å²) in [6.45, 7) is 1.59. The van der Waals surface area contributed by atoms with Crippen molar-refractivity contribution >= 4 is 17.0 Å². The molecule has 0 aliphatic carbocycles. The van der Waals surface area contributed by atoms with Crippen LogP contribution in [0.25, 0.3) is 0 Å². The van der Waals surface area contributed by atoms with Gasteiger partial charge in [-0.3, -0.25) is 14.7 Å². The summed E-state index contributed by atoms with van der Waals surface area (Å²) in [4.78, 5) is 21.0. The highest BCUT2D eigenvalue weighted by Crippen LogP contribution is 1.90. The van der Waals surface area contributed by atoms with Crippen LogP contribution in [0.1, 0.15) is 5.56 Å². The molecule has 1 aromatic rings. The van der Waals surface area contributed by atoms with Crippen LogP contribution in [-0.4, -0.2) is 15.1 Å². The highest BCUT2D eigenvalue weighted by molar-refractivity contribution is 6.63. The third-order valence-corrected chi connectivity index (χ3v) is 1.27. The highest BCUT2D eigenvalue weighted by atomic mass is 35.5. The van der Waals surface area contributed by atoms with Gasteiger partial charge < -0.3 is 0 Å². The number of hydrogen-bond donors (Lipinski definition) is 1. The number of nitrogens with one attached hydrogen (secondary N) is 1. The molecule has 5 heteroatoms. The molecule has 0 bridgehead atoms. The van der Waals surface area contributed by atoms with Crippen LogP contribution < -0.4 is 5.56 Å². The van der Waals surface area contributed by atoms with Crippen molar-refractivity contribution in [3.63, 3.8) is 0 Å². The maximum atomic E-state index is 10.7. The lowest BCUT2D eigenvalue weighted by atomic mass is 10.4. The first-order chi connectivity index (χ1) is 4.61. The number of rotatable bonds is 0. The number of aromatic nitrogens is 2. The Morgan fingerprint density at radius 2 is 2.40 bits per heavy atom. The minimum Gasteiger partial charge on any atom is -0.268 e. The summed E-state index contributed by atoms with van der Waals surface area (Å²) < 4.78 is 0.930. The van der Waals surface area contributed by atoms with Gasteiger partial charge in [0.15, 0.2) is 0 Å². The van der Waals surface area contributed by atoms with Gasteiger partial charge in [-0.25, -0.2) is 4.68 Å². The zero-order chi connectivity index (χ0) is 7.72. The zero-order valence-corrected chi connectivity index (χ0v) is 5.97. The van der Waals surface area contributed by atoms with Gasteiger partial charge in [0.2, 0.25) is 0 Å². The summed E-state index contributed by atoms with van der Waals surface area (Å²) in [5, 5.41) is 1.51. The van der Waals surface area contributed by atoms with E-state index in [9.17, 15) is 9.59 Å². The number of carbonyl (C=O) groups is 1. The number of nitrogens with zero attached hydrogens (tertiary/aromatic N) is 1. The number of aromatic amines is 1. The van der Waals surface area contributed by atoms with Gasteiger partial charge in [0.1, 0.15) is 0 Å². The van der Waals surface area contributed by atoms with E-state index in [1.54, 1.807) is 6.92 Å². The fraction of sp³-hybridized carbons (Fsp3) is 0.200. The molecular formula is C5H5ClN2O2. The number of hydrogen-bond acceptors (Lipinski definition) is 2. The van der Waals surface area contributed by atoms with Gasteiger partial charge >= 0.3 is 5.37 Å². The molecule has 0 saturated carbocycles. The van der Waals surface area contributed by atoms with Crippen molar-refractivity contribution in [2.24, 2.45) is 0 Å². The van der Waals surface area contributed by atoms with Crippen molar-refractivity contribution in [3.8, 4) is 0 Å². The van der Waals surface area contributed by atoms with Crippen LogP contribution in [0.2, 0.25) is 0 Å². The molecule has 0 saturated heterocycles. The number of aryl methyl sites for hydroxylation is 1. The van der Waals surface area contributed by atoms with Crippen molar-refractivity contribution in [3.05, 3.63) is 22.1 Å². The standard InChI is InChI=1S/C5H5ClN2O2/c1-3-2-8(5(6)10)7-4(3)9/h2H,1H3,(H,7,9).